The van der Waals surface area contributed by atoms with E-state index in [4.69, 9.17) is 0 Å². The number of fused-ring (bicyclic) bond motifs is 1. The number of pyridine rings is 2. The summed E-state index contributed by atoms with van der Waals surface area (Å²) in [5.41, 5.74) is 2.50. The van der Waals surface area contributed by atoms with Crippen molar-refractivity contribution in [2.24, 2.45) is 5.92 Å². The number of piperidine rings is 1. The second kappa shape index (κ2) is 9.10. The molecule has 4 heterocycles. The average Bonchev–Trinajstić information content (AvgIpc) is 3.24. The van der Waals surface area contributed by atoms with Crippen LogP contribution in [0.25, 0.3) is 0 Å². The van der Waals surface area contributed by atoms with Gasteiger partial charge >= 0.3 is 0 Å². The van der Waals surface area contributed by atoms with E-state index in [0.717, 1.165) is 17.5 Å². The molecule has 5 rings (SSSR count). The van der Waals surface area contributed by atoms with E-state index in [1.807, 2.05) is 21.9 Å². The number of carbonyl (C=O) groups is 2. The molecule has 168 valence electrons. The van der Waals surface area contributed by atoms with E-state index in [9.17, 15) is 14.0 Å². The molecule has 33 heavy (non-hydrogen) atoms. The zero-order valence-electron chi connectivity index (χ0n) is 18.2. The van der Waals surface area contributed by atoms with Gasteiger partial charge in [0.05, 0.1) is 6.42 Å². The van der Waals surface area contributed by atoms with Gasteiger partial charge in [-0.25, -0.2) is 4.39 Å². The van der Waals surface area contributed by atoms with Crippen molar-refractivity contribution in [1.82, 2.24) is 19.8 Å². The fourth-order valence-corrected chi connectivity index (χ4v) is 5.21. The molecule has 2 aliphatic rings. The number of nitrogens with zero attached hydrogens (tertiary/aromatic N) is 4. The highest BCUT2D eigenvalue weighted by atomic mass is 19.1. The molecular weight excluding hydrogens is 419 g/mol. The smallest absolute Gasteiger partial charge is 0.254 e. The van der Waals surface area contributed by atoms with Crippen LogP contribution in [0.5, 0.6) is 0 Å². The minimum absolute atomic E-state index is 0.0212. The Morgan fingerprint density at radius 3 is 2.48 bits per heavy atom. The molecule has 0 saturated carbocycles. The van der Waals surface area contributed by atoms with Crippen molar-refractivity contribution >= 4 is 11.8 Å². The standard InChI is InChI=1S/C26H25FN4O2/c27-21-5-3-19(4-6-21)22-17-31(26(33)20-7-11-28-12-8-20)24-9-13-30(16-23(22)24)25(32)14-18-2-1-10-29-15-18/h1-8,10-12,15,22-24H,9,13-14,16-17H2/t22-,23-,24-/m0/s1. The van der Waals surface area contributed by atoms with Crippen LogP contribution in [-0.2, 0) is 11.2 Å². The molecule has 2 saturated heterocycles. The molecule has 3 aromatic rings. The van der Waals surface area contributed by atoms with Crippen molar-refractivity contribution in [3.8, 4) is 0 Å². The number of amides is 2. The van der Waals surface area contributed by atoms with Crippen LogP contribution in [0.4, 0.5) is 4.39 Å². The van der Waals surface area contributed by atoms with Crippen molar-refractivity contribution in [2.45, 2.75) is 24.8 Å². The molecule has 1 aromatic carbocycles. The molecule has 0 bridgehead atoms. The molecule has 0 aliphatic carbocycles. The van der Waals surface area contributed by atoms with E-state index >= 15 is 0 Å². The second-order valence-electron chi connectivity index (χ2n) is 8.75. The van der Waals surface area contributed by atoms with Crippen LogP contribution in [0, 0.1) is 11.7 Å². The van der Waals surface area contributed by atoms with Crippen LogP contribution in [0.2, 0.25) is 0 Å². The minimum Gasteiger partial charge on any atom is -0.342 e. The van der Waals surface area contributed by atoms with Crippen molar-refractivity contribution < 1.29 is 14.0 Å². The molecule has 2 amide bonds. The van der Waals surface area contributed by atoms with Gasteiger partial charge in [0.2, 0.25) is 5.91 Å². The van der Waals surface area contributed by atoms with Crippen LogP contribution in [0.15, 0.2) is 73.3 Å². The summed E-state index contributed by atoms with van der Waals surface area (Å²) in [6, 6.07) is 13.8. The normalized spacial score (nSPS) is 22.2. The highest BCUT2D eigenvalue weighted by Gasteiger charge is 2.47. The quantitative estimate of drug-likeness (QED) is 0.619. The lowest BCUT2D eigenvalue weighted by Crippen LogP contribution is -2.50. The SMILES string of the molecule is O=C(Cc1cccnc1)N1CC[C@H]2[C@@H](C1)[C@H](c1ccc(F)cc1)CN2C(=O)c1ccncc1. The molecule has 6 nitrogen and oxygen atoms in total. The number of halogens is 1. The Balaban J connectivity index is 1.40. The van der Waals surface area contributed by atoms with E-state index in [1.54, 1.807) is 49.1 Å². The summed E-state index contributed by atoms with van der Waals surface area (Å²) in [5.74, 6) is -0.108. The molecule has 3 atom stereocenters. The number of likely N-dealkylation sites (tertiary alicyclic amines) is 2. The van der Waals surface area contributed by atoms with Gasteiger partial charge in [-0.2, -0.15) is 0 Å². The summed E-state index contributed by atoms with van der Waals surface area (Å²) in [6.45, 7) is 1.73. The van der Waals surface area contributed by atoms with Gasteiger partial charge in [-0.3, -0.25) is 19.6 Å². The Bertz CT molecular complexity index is 1120. The molecule has 2 aromatic heterocycles. The fraction of sp³-hybridized carbons (Fsp3) is 0.308. The maximum Gasteiger partial charge on any atom is 0.254 e. The average molecular weight is 445 g/mol. The van der Waals surface area contributed by atoms with Gasteiger partial charge in [0.25, 0.3) is 5.91 Å². The Hall–Kier alpha value is -3.61. The largest absolute Gasteiger partial charge is 0.342 e. The van der Waals surface area contributed by atoms with E-state index in [-0.39, 0.29) is 35.5 Å². The molecule has 0 spiro atoms. The molecule has 0 unspecified atom stereocenters. The summed E-state index contributed by atoms with van der Waals surface area (Å²) in [7, 11) is 0. The van der Waals surface area contributed by atoms with E-state index in [0.29, 0.717) is 31.6 Å². The second-order valence-corrected chi connectivity index (χ2v) is 8.75. The Labute approximate surface area is 192 Å². The maximum atomic E-state index is 13.6. The highest BCUT2D eigenvalue weighted by Crippen LogP contribution is 2.42. The zero-order valence-corrected chi connectivity index (χ0v) is 18.2. The van der Waals surface area contributed by atoms with Crippen LogP contribution >= 0.6 is 0 Å². The number of hydrogen-bond acceptors (Lipinski definition) is 4. The first kappa shape index (κ1) is 21.2. The lowest BCUT2D eigenvalue weighted by molar-refractivity contribution is -0.132. The number of rotatable bonds is 4. The third-order valence-electron chi connectivity index (χ3n) is 6.85. The van der Waals surface area contributed by atoms with Gasteiger partial charge in [-0.1, -0.05) is 18.2 Å². The van der Waals surface area contributed by atoms with Crippen molar-refractivity contribution in [2.75, 3.05) is 19.6 Å². The summed E-state index contributed by atoms with van der Waals surface area (Å²) < 4.78 is 13.6. The number of carbonyl (C=O) groups excluding carboxylic acids is 2. The summed E-state index contributed by atoms with van der Waals surface area (Å²) in [4.78, 5) is 38.3. The maximum absolute atomic E-state index is 13.6. The first-order chi connectivity index (χ1) is 16.1. The van der Waals surface area contributed by atoms with Crippen LogP contribution in [0.3, 0.4) is 0 Å². The summed E-state index contributed by atoms with van der Waals surface area (Å²) >= 11 is 0. The van der Waals surface area contributed by atoms with Crippen LogP contribution in [-0.4, -0.2) is 57.3 Å². The summed E-state index contributed by atoms with van der Waals surface area (Å²) in [5, 5.41) is 0. The van der Waals surface area contributed by atoms with Gasteiger partial charge in [0.1, 0.15) is 5.82 Å². The summed E-state index contributed by atoms with van der Waals surface area (Å²) in [6.07, 6.45) is 7.69. The van der Waals surface area contributed by atoms with Gasteiger partial charge in [0, 0.05) is 67.9 Å². The Morgan fingerprint density at radius 1 is 0.970 bits per heavy atom. The highest BCUT2D eigenvalue weighted by molar-refractivity contribution is 5.94. The predicted molar refractivity (Wildman–Crippen MR) is 121 cm³/mol. The van der Waals surface area contributed by atoms with Crippen molar-refractivity contribution in [3.63, 3.8) is 0 Å². The van der Waals surface area contributed by atoms with Crippen LogP contribution < -0.4 is 0 Å². The van der Waals surface area contributed by atoms with Gasteiger partial charge < -0.3 is 9.80 Å². The first-order valence-electron chi connectivity index (χ1n) is 11.2. The minimum atomic E-state index is -0.282. The van der Waals surface area contributed by atoms with Gasteiger partial charge in [-0.15, -0.1) is 0 Å². The molecule has 0 N–H and O–H groups in total. The van der Waals surface area contributed by atoms with Crippen molar-refractivity contribution in [1.29, 1.82) is 0 Å². The molecule has 2 aliphatic heterocycles. The van der Waals surface area contributed by atoms with E-state index in [2.05, 4.69) is 9.97 Å². The van der Waals surface area contributed by atoms with E-state index < -0.39 is 0 Å². The Morgan fingerprint density at radius 2 is 1.76 bits per heavy atom. The lowest BCUT2D eigenvalue weighted by Gasteiger charge is -2.39. The number of aromatic nitrogens is 2. The first-order valence-corrected chi connectivity index (χ1v) is 11.2. The number of benzene rings is 1. The number of hydrogen-bond donors (Lipinski definition) is 0. The van der Waals surface area contributed by atoms with Gasteiger partial charge in [0.15, 0.2) is 0 Å². The third-order valence-corrected chi connectivity index (χ3v) is 6.85. The fourth-order valence-electron chi connectivity index (χ4n) is 5.21. The lowest BCUT2D eigenvalue weighted by atomic mass is 9.81. The van der Waals surface area contributed by atoms with Crippen molar-refractivity contribution in [3.05, 3.63) is 95.8 Å². The monoisotopic (exact) mass is 444 g/mol. The van der Waals surface area contributed by atoms with Gasteiger partial charge in [-0.05, 0) is 47.9 Å². The molecule has 0 radical (unpaired) electrons. The third kappa shape index (κ3) is 4.35. The predicted octanol–water partition coefficient (Wildman–Crippen LogP) is 3.32. The zero-order chi connectivity index (χ0) is 22.8. The topological polar surface area (TPSA) is 66.4 Å². The Kier molecular flexibility index (Phi) is 5.86. The molecule has 2 fully saturated rings. The molecule has 7 heteroatoms. The van der Waals surface area contributed by atoms with E-state index in [1.165, 1.54) is 12.1 Å². The van der Waals surface area contributed by atoms with Crippen LogP contribution in [0.1, 0.15) is 33.8 Å². The molecular formula is C26H25FN4O2.